The van der Waals surface area contributed by atoms with Crippen molar-refractivity contribution in [2.45, 2.75) is 31.7 Å². The van der Waals surface area contributed by atoms with Crippen LogP contribution in [-0.4, -0.2) is 43.2 Å². The van der Waals surface area contributed by atoms with Gasteiger partial charge in [-0.1, -0.05) is 0 Å². The fraction of sp³-hybridized carbons (Fsp3) is 0.909. The summed E-state index contributed by atoms with van der Waals surface area (Å²) in [5, 5.41) is 3.20. The highest BCUT2D eigenvalue weighted by Crippen LogP contribution is 2.19. The monoisotopic (exact) mass is 214 g/mol. The Labute approximate surface area is 90.0 Å². The van der Waals surface area contributed by atoms with Crippen molar-refractivity contribution in [1.29, 1.82) is 0 Å². The van der Waals surface area contributed by atoms with Crippen LogP contribution < -0.4 is 5.32 Å². The molecule has 1 N–H and O–H groups in total. The summed E-state index contributed by atoms with van der Waals surface area (Å²) in [6, 6.07) is 0.00311. The van der Waals surface area contributed by atoms with Crippen LogP contribution in [-0.2, 0) is 4.79 Å². The van der Waals surface area contributed by atoms with E-state index >= 15 is 0 Å². The Kier molecular flexibility index (Phi) is 3.57. The van der Waals surface area contributed by atoms with Crippen molar-refractivity contribution in [3.63, 3.8) is 0 Å². The van der Waals surface area contributed by atoms with E-state index in [1.54, 1.807) is 0 Å². The van der Waals surface area contributed by atoms with E-state index in [1.165, 1.54) is 0 Å². The van der Waals surface area contributed by atoms with Crippen molar-refractivity contribution in [3.05, 3.63) is 0 Å². The van der Waals surface area contributed by atoms with Gasteiger partial charge in [0.25, 0.3) is 0 Å². The standard InChI is InChI=1S/C11H19FN2O/c12-7-9-3-2-6-14(8-9)11(15)10-4-1-5-13-10/h9-10,13H,1-8H2/t9?,10-/m0/s1. The van der Waals surface area contributed by atoms with Gasteiger partial charge in [0.15, 0.2) is 0 Å². The van der Waals surface area contributed by atoms with Crippen LogP contribution in [0.2, 0.25) is 0 Å². The summed E-state index contributed by atoms with van der Waals surface area (Å²) in [5.41, 5.74) is 0. The van der Waals surface area contributed by atoms with Gasteiger partial charge in [-0.05, 0) is 32.2 Å². The highest BCUT2D eigenvalue weighted by Gasteiger charge is 2.30. The molecule has 0 saturated carbocycles. The van der Waals surface area contributed by atoms with E-state index in [9.17, 15) is 9.18 Å². The predicted molar refractivity (Wildman–Crippen MR) is 56.3 cm³/mol. The minimum Gasteiger partial charge on any atom is -0.341 e. The number of carbonyl (C=O) groups is 1. The van der Waals surface area contributed by atoms with Gasteiger partial charge < -0.3 is 10.2 Å². The SMILES string of the molecule is O=C([C@@H]1CCCN1)N1CCCC(CF)C1. The maximum absolute atomic E-state index is 12.5. The molecular formula is C11H19FN2O. The maximum Gasteiger partial charge on any atom is 0.239 e. The number of alkyl halides is 1. The number of nitrogens with zero attached hydrogens (tertiary/aromatic N) is 1. The molecule has 15 heavy (non-hydrogen) atoms. The molecule has 0 aromatic heterocycles. The van der Waals surface area contributed by atoms with Gasteiger partial charge in [0, 0.05) is 19.0 Å². The molecule has 2 atom stereocenters. The Morgan fingerprint density at radius 3 is 2.93 bits per heavy atom. The Morgan fingerprint density at radius 1 is 1.40 bits per heavy atom. The van der Waals surface area contributed by atoms with Crippen molar-refractivity contribution in [2.75, 3.05) is 26.3 Å². The topological polar surface area (TPSA) is 32.3 Å². The number of likely N-dealkylation sites (tertiary alicyclic amines) is 1. The predicted octanol–water partition coefficient (Wildman–Crippen LogP) is 0.946. The van der Waals surface area contributed by atoms with Crippen LogP contribution in [0.15, 0.2) is 0 Å². The van der Waals surface area contributed by atoms with Gasteiger partial charge in [-0.15, -0.1) is 0 Å². The molecule has 2 aliphatic rings. The first-order chi connectivity index (χ1) is 7.31. The van der Waals surface area contributed by atoms with Crippen LogP contribution in [0.1, 0.15) is 25.7 Å². The second-order valence-corrected chi connectivity index (χ2v) is 4.60. The zero-order valence-corrected chi connectivity index (χ0v) is 9.04. The Morgan fingerprint density at radius 2 is 2.27 bits per heavy atom. The number of rotatable bonds is 2. The Bertz CT molecular complexity index is 229. The number of nitrogens with one attached hydrogen (secondary N) is 1. The van der Waals surface area contributed by atoms with Gasteiger partial charge in [-0.2, -0.15) is 0 Å². The summed E-state index contributed by atoms with van der Waals surface area (Å²) in [5.74, 6) is 0.259. The van der Waals surface area contributed by atoms with Crippen LogP contribution in [0.5, 0.6) is 0 Å². The van der Waals surface area contributed by atoms with Crippen LogP contribution >= 0.6 is 0 Å². The summed E-state index contributed by atoms with van der Waals surface area (Å²) in [7, 11) is 0. The number of piperidine rings is 1. The summed E-state index contributed by atoms with van der Waals surface area (Å²) in [4.78, 5) is 13.8. The molecule has 2 rings (SSSR count). The van der Waals surface area contributed by atoms with E-state index in [1.807, 2.05) is 4.90 Å². The third-order valence-electron chi connectivity index (χ3n) is 3.41. The molecule has 3 nitrogen and oxygen atoms in total. The molecule has 2 fully saturated rings. The molecule has 2 saturated heterocycles. The molecule has 4 heteroatoms. The maximum atomic E-state index is 12.5. The summed E-state index contributed by atoms with van der Waals surface area (Å²) >= 11 is 0. The molecule has 1 amide bonds. The smallest absolute Gasteiger partial charge is 0.239 e. The lowest BCUT2D eigenvalue weighted by atomic mass is 9.98. The minimum atomic E-state index is -0.290. The van der Waals surface area contributed by atoms with E-state index in [-0.39, 0.29) is 24.5 Å². The minimum absolute atomic E-state index is 0.00311. The Hall–Kier alpha value is -0.640. The molecule has 1 unspecified atom stereocenters. The van der Waals surface area contributed by atoms with E-state index in [0.29, 0.717) is 6.54 Å². The summed E-state index contributed by atoms with van der Waals surface area (Å²) in [6.07, 6.45) is 3.90. The number of hydrogen-bond donors (Lipinski definition) is 1. The molecule has 0 aromatic rings. The zero-order valence-electron chi connectivity index (χ0n) is 9.04. The first-order valence-electron chi connectivity index (χ1n) is 5.89. The van der Waals surface area contributed by atoms with E-state index < -0.39 is 0 Å². The average Bonchev–Trinajstić information content (AvgIpc) is 2.81. The van der Waals surface area contributed by atoms with Crippen LogP contribution in [0.3, 0.4) is 0 Å². The highest BCUT2D eigenvalue weighted by molar-refractivity contribution is 5.82. The fourth-order valence-electron chi connectivity index (χ4n) is 2.51. The number of carbonyl (C=O) groups excluding carboxylic acids is 1. The molecule has 86 valence electrons. The first kappa shape index (κ1) is 10.9. The molecule has 2 aliphatic heterocycles. The molecule has 2 heterocycles. The zero-order chi connectivity index (χ0) is 10.7. The second-order valence-electron chi connectivity index (χ2n) is 4.60. The molecule has 0 bridgehead atoms. The third-order valence-corrected chi connectivity index (χ3v) is 3.41. The van der Waals surface area contributed by atoms with Crippen molar-refractivity contribution in [1.82, 2.24) is 10.2 Å². The van der Waals surface area contributed by atoms with Crippen molar-refractivity contribution >= 4 is 5.91 Å². The highest BCUT2D eigenvalue weighted by atomic mass is 19.1. The summed E-state index contributed by atoms with van der Waals surface area (Å²) in [6.45, 7) is 2.08. The lowest BCUT2D eigenvalue weighted by Crippen LogP contribution is -2.48. The van der Waals surface area contributed by atoms with Crippen LogP contribution in [0.4, 0.5) is 4.39 Å². The van der Waals surface area contributed by atoms with Gasteiger partial charge in [-0.25, -0.2) is 0 Å². The van der Waals surface area contributed by atoms with Crippen LogP contribution in [0.25, 0.3) is 0 Å². The largest absolute Gasteiger partial charge is 0.341 e. The molecule has 0 aliphatic carbocycles. The number of halogens is 1. The van der Waals surface area contributed by atoms with Gasteiger partial charge in [0.2, 0.25) is 5.91 Å². The van der Waals surface area contributed by atoms with Crippen LogP contribution in [0, 0.1) is 5.92 Å². The first-order valence-corrected chi connectivity index (χ1v) is 5.89. The summed E-state index contributed by atoms with van der Waals surface area (Å²) < 4.78 is 12.5. The number of hydrogen-bond acceptors (Lipinski definition) is 2. The van der Waals surface area contributed by atoms with Crippen molar-refractivity contribution < 1.29 is 9.18 Å². The second kappa shape index (κ2) is 4.92. The van der Waals surface area contributed by atoms with Gasteiger partial charge in [-0.3, -0.25) is 9.18 Å². The molecule has 0 radical (unpaired) electrons. The van der Waals surface area contributed by atoms with Crippen molar-refractivity contribution in [2.24, 2.45) is 5.92 Å². The normalized spacial score (nSPS) is 31.9. The number of amides is 1. The lowest BCUT2D eigenvalue weighted by molar-refractivity contribution is -0.135. The van der Waals surface area contributed by atoms with E-state index in [0.717, 1.165) is 38.8 Å². The van der Waals surface area contributed by atoms with E-state index in [4.69, 9.17) is 0 Å². The quantitative estimate of drug-likeness (QED) is 0.742. The average molecular weight is 214 g/mol. The van der Waals surface area contributed by atoms with Gasteiger partial charge >= 0.3 is 0 Å². The lowest BCUT2D eigenvalue weighted by Gasteiger charge is -2.33. The third kappa shape index (κ3) is 2.48. The van der Waals surface area contributed by atoms with E-state index in [2.05, 4.69) is 5.32 Å². The Balaban J connectivity index is 1.88. The molecule has 0 aromatic carbocycles. The fourth-order valence-corrected chi connectivity index (χ4v) is 2.51. The van der Waals surface area contributed by atoms with Crippen molar-refractivity contribution in [3.8, 4) is 0 Å². The van der Waals surface area contributed by atoms with Gasteiger partial charge in [0.05, 0.1) is 12.7 Å². The molecular weight excluding hydrogens is 195 g/mol. The van der Waals surface area contributed by atoms with Gasteiger partial charge in [0.1, 0.15) is 0 Å². The molecule has 0 spiro atoms.